The van der Waals surface area contributed by atoms with Crippen LogP contribution in [0.4, 0.5) is 0 Å². The predicted molar refractivity (Wildman–Crippen MR) is 136 cm³/mol. The molecule has 0 aliphatic heterocycles. The first-order valence-corrected chi connectivity index (χ1v) is 11.3. The SMILES string of the molecule is Cc1ccc2c(n1)oc1c(-c3nc4nc(C)c5ccccc5c4n3-c3ccccc3)cccc12. The van der Waals surface area contributed by atoms with Gasteiger partial charge in [0, 0.05) is 38.6 Å². The minimum absolute atomic E-state index is 0.643. The lowest BCUT2D eigenvalue weighted by atomic mass is 10.1. The number of aromatic nitrogens is 4. The number of hydrogen-bond donors (Lipinski definition) is 0. The van der Waals surface area contributed by atoms with Crippen LogP contribution in [0.2, 0.25) is 0 Å². The maximum Gasteiger partial charge on any atom is 0.227 e. The zero-order valence-electron chi connectivity index (χ0n) is 18.8. The van der Waals surface area contributed by atoms with E-state index >= 15 is 0 Å². The second-order valence-electron chi connectivity index (χ2n) is 8.61. The summed E-state index contributed by atoms with van der Waals surface area (Å²) in [6.07, 6.45) is 0. The van der Waals surface area contributed by atoms with E-state index in [0.717, 1.165) is 66.8 Å². The van der Waals surface area contributed by atoms with Gasteiger partial charge < -0.3 is 4.42 Å². The highest BCUT2D eigenvalue weighted by molar-refractivity contribution is 6.10. The van der Waals surface area contributed by atoms with Crippen molar-refractivity contribution in [3.8, 4) is 17.1 Å². The van der Waals surface area contributed by atoms with Crippen LogP contribution in [0, 0.1) is 13.8 Å². The molecule has 162 valence electrons. The Labute approximate surface area is 195 Å². The van der Waals surface area contributed by atoms with Crippen LogP contribution in [0.15, 0.2) is 89.3 Å². The summed E-state index contributed by atoms with van der Waals surface area (Å²) in [4.78, 5) is 14.6. The van der Waals surface area contributed by atoms with Crippen LogP contribution in [0.5, 0.6) is 0 Å². The first kappa shape index (κ1) is 19.0. The lowest BCUT2D eigenvalue weighted by Gasteiger charge is -2.11. The molecule has 34 heavy (non-hydrogen) atoms. The Kier molecular flexibility index (Phi) is 3.91. The van der Waals surface area contributed by atoms with Gasteiger partial charge in [0.1, 0.15) is 11.1 Å². The first-order chi connectivity index (χ1) is 16.7. The van der Waals surface area contributed by atoms with Gasteiger partial charge in [-0.25, -0.2) is 15.0 Å². The van der Waals surface area contributed by atoms with E-state index < -0.39 is 0 Å². The van der Waals surface area contributed by atoms with Crippen molar-refractivity contribution in [3.05, 3.63) is 96.3 Å². The Balaban J connectivity index is 1.66. The number of rotatable bonds is 2. The highest BCUT2D eigenvalue weighted by Gasteiger charge is 2.22. The summed E-state index contributed by atoms with van der Waals surface area (Å²) in [5, 5.41) is 4.28. The number of benzene rings is 3. The molecule has 0 saturated carbocycles. The van der Waals surface area contributed by atoms with Crippen LogP contribution < -0.4 is 0 Å². The topological polar surface area (TPSA) is 56.7 Å². The Morgan fingerprint density at radius 1 is 0.647 bits per heavy atom. The van der Waals surface area contributed by atoms with E-state index in [1.165, 1.54) is 0 Å². The van der Waals surface area contributed by atoms with E-state index in [9.17, 15) is 0 Å². The molecule has 0 spiro atoms. The molecule has 4 aromatic heterocycles. The molecule has 0 unspecified atom stereocenters. The van der Waals surface area contributed by atoms with E-state index in [-0.39, 0.29) is 0 Å². The van der Waals surface area contributed by atoms with Crippen molar-refractivity contribution in [1.29, 1.82) is 0 Å². The largest absolute Gasteiger partial charge is 0.437 e. The summed E-state index contributed by atoms with van der Waals surface area (Å²) < 4.78 is 8.53. The van der Waals surface area contributed by atoms with Gasteiger partial charge in [-0.05, 0) is 44.2 Å². The zero-order chi connectivity index (χ0) is 22.8. The Hall–Kier alpha value is -4.51. The third-order valence-corrected chi connectivity index (χ3v) is 6.46. The fraction of sp³-hybridized carbons (Fsp3) is 0.0690. The molecule has 0 aliphatic rings. The number of para-hydroxylation sites is 2. The number of nitrogens with zero attached hydrogens (tertiary/aromatic N) is 4. The number of furan rings is 1. The van der Waals surface area contributed by atoms with Gasteiger partial charge in [-0.15, -0.1) is 0 Å². The van der Waals surface area contributed by atoms with Crippen LogP contribution >= 0.6 is 0 Å². The van der Waals surface area contributed by atoms with E-state index in [2.05, 4.69) is 70.2 Å². The van der Waals surface area contributed by atoms with Gasteiger partial charge in [-0.1, -0.05) is 54.6 Å². The van der Waals surface area contributed by atoms with Gasteiger partial charge in [0.05, 0.1) is 5.56 Å². The third kappa shape index (κ3) is 2.64. The van der Waals surface area contributed by atoms with Gasteiger partial charge in [-0.2, -0.15) is 0 Å². The van der Waals surface area contributed by atoms with E-state index in [0.29, 0.717) is 5.71 Å². The number of imidazole rings is 1. The Bertz CT molecular complexity index is 1880. The molecule has 0 aliphatic carbocycles. The molecule has 7 aromatic rings. The van der Waals surface area contributed by atoms with E-state index in [4.69, 9.17) is 14.4 Å². The molecule has 4 heterocycles. The molecule has 0 amide bonds. The normalized spacial score (nSPS) is 11.8. The average molecular weight is 441 g/mol. The third-order valence-electron chi connectivity index (χ3n) is 6.46. The molecular weight excluding hydrogens is 420 g/mol. The van der Waals surface area contributed by atoms with E-state index in [1.54, 1.807) is 0 Å². The molecular formula is C29H20N4O. The molecule has 5 heteroatoms. The maximum absolute atomic E-state index is 6.33. The molecule has 0 radical (unpaired) electrons. The summed E-state index contributed by atoms with van der Waals surface area (Å²) in [6, 6.07) is 29.0. The van der Waals surface area contributed by atoms with Gasteiger partial charge in [-0.3, -0.25) is 4.57 Å². The second kappa shape index (κ2) is 6.99. The smallest absolute Gasteiger partial charge is 0.227 e. The van der Waals surface area contributed by atoms with Crippen LogP contribution in [0.25, 0.3) is 61.1 Å². The standard InChI is InChI=1S/C29H20N4O/c1-17-15-16-23-22-13-8-14-24(26(22)34-29(23)30-17)28-32-27-25(33(28)19-9-4-3-5-10-19)21-12-7-6-11-20(21)18(2)31-27/h3-16H,1-2H3. The average Bonchev–Trinajstić information content (AvgIpc) is 3.42. The lowest BCUT2D eigenvalue weighted by Crippen LogP contribution is -1.98. The second-order valence-corrected chi connectivity index (χ2v) is 8.61. The monoisotopic (exact) mass is 440 g/mol. The van der Waals surface area contributed by atoms with Crippen molar-refractivity contribution in [2.24, 2.45) is 0 Å². The molecule has 0 saturated heterocycles. The molecule has 0 bridgehead atoms. The first-order valence-electron chi connectivity index (χ1n) is 11.3. The van der Waals surface area contributed by atoms with Crippen molar-refractivity contribution >= 4 is 44.0 Å². The minimum atomic E-state index is 0.643. The number of fused-ring (bicyclic) bond motifs is 6. The fourth-order valence-corrected chi connectivity index (χ4v) is 4.91. The summed E-state index contributed by atoms with van der Waals surface area (Å²) in [5.41, 5.74) is 6.97. The summed E-state index contributed by atoms with van der Waals surface area (Å²) in [6.45, 7) is 4.01. The summed E-state index contributed by atoms with van der Waals surface area (Å²) in [5.74, 6) is 0.797. The van der Waals surface area contributed by atoms with Crippen LogP contribution in [0.3, 0.4) is 0 Å². The van der Waals surface area contributed by atoms with Crippen molar-refractivity contribution in [2.75, 3.05) is 0 Å². The van der Waals surface area contributed by atoms with Crippen LogP contribution in [-0.2, 0) is 0 Å². The van der Waals surface area contributed by atoms with Gasteiger partial charge in [0.15, 0.2) is 11.5 Å². The summed E-state index contributed by atoms with van der Waals surface area (Å²) in [7, 11) is 0. The highest BCUT2D eigenvalue weighted by Crippen LogP contribution is 2.38. The molecule has 0 atom stereocenters. The van der Waals surface area contributed by atoms with Crippen LogP contribution in [0.1, 0.15) is 11.4 Å². The zero-order valence-corrected chi connectivity index (χ0v) is 18.8. The number of hydrogen-bond acceptors (Lipinski definition) is 4. The van der Waals surface area contributed by atoms with Gasteiger partial charge in [0.25, 0.3) is 0 Å². The number of pyridine rings is 2. The van der Waals surface area contributed by atoms with E-state index in [1.807, 2.05) is 38.1 Å². The fourth-order valence-electron chi connectivity index (χ4n) is 4.91. The van der Waals surface area contributed by atoms with Crippen molar-refractivity contribution < 1.29 is 4.42 Å². The molecule has 0 fully saturated rings. The maximum atomic E-state index is 6.33. The molecule has 7 rings (SSSR count). The summed E-state index contributed by atoms with van der Waals surface area (Å²) >= 11 is 0. The molecule has 5 nitrogen and oxygen atoms in total. The molecule has 3 aromatic carbocycles. The Morgan fingerprint density at radius 3 is 2.26 bits per heavy atom. The predicted octanol–water partition coefficient (Wildman–Crippen LogP) is 7.15. The lowest BCUT2D eigenvalue weighted by molar-refractivity contribution is 0.653. The van der Waals surface area contributed by atoms with Gasteiger partial charge in [0.2, 0.25) is 5.71 Å². The van der Waals surface area contributed by atoms with Crippen molar-refractivity contribution in [2.45, 2.75) is 13.8 Å². The van der Waals surface area contributed by atoms with Crippen LogP contribution in [-0.4, -0.2) is 19.5 Å². The number of aryl methyl sites for hydroxylation is 2. The van der Waals surface area contributed by atoms with Crippen molar-refractivity contribution in [3.63, 3.8) is 0 Å². The Morgan fingerprint density at radius 2 is 1.41 bits per heavy atom. The van der Waals surface area contributed by atoms with Gasteiger partial charge >= 0.3 is 0 Å². The minimum Gasteiger partial charge on any atom is -0.437 e. The molecule has 0 N–H and O–H groups in total. The quantitative estimate of drug-likeness (QED) is 0.286. The highest BCUT2D eigenvalue weighted by atomic mass is 16.3. The van der Waals surface area contributed by atoms with Crippen molar-refractivity contribution in [1.82, 2.24) is 19.5 Å².